The number of unbranched alkanes of at least 4 members (excludes halogenated alkanes) is 10. The standard InChI is InChI=1S/C56H102BN7O11/c1-18-19-20-21-22-23-24-25-26-27-28-29-44(65)62-42(34-72-53(8,9)10)51(70)59-36(4)48(67)58-33-45(66)64(17)46(38(6)73-54(11,12)13)52(71)60-37(5)49(68)63-41(32-35(2)3)50(69)61-39(7)57-74-47-40-30-31-43(55(40,14)15)56(47,16)75-57/h35-43,46-47H,18-34H2,1-17H3,(H,58,67)(H,59,70)(H,60,71)(H,61,69)(H,62,65)(H,63,68)/t36-,37+,38?,39+,40?,41+,42-,43?,46+,47?,56?/m1/s1. The first-order valence-electron chi connectivity index (χ1n) is 28.5. The van der Waals surface area contributed by atoms with Crippen molar-refractivity contribution < 1.29 is 52.3 Å². The van der Waals surface area contributed by atoms with Crippen LogP contribution in [0.5, 0.6) is 0 Å². The number of carbonyl (C=O) groups is 7. The summed E-state index contributed by atoms with van der Waals surface area (Å²) in [6, 6.07) is -5.52. The van der Waals surface area contributed by atoms with E-state index in [1.807, 2.05) is 41.5 Å². The van der Waals surface area contributed by atoms with Gasteiger partial charge in [-0.2, -0.15) is 0 Å². The molecule has 3 aliphatic rings. The Labute approximate surface area is 451 Å². The van der Waals surface area contributed by atoms with Gasteiger partial charge in [0.15, 0.2) is 0 Å². The second-order valence-corrected chi connectivity index (χ2v) is 25.2. The fourth-order valence-corrected chi connectivity index (χ4v) is 11.3. The number of likely N-dealkylation sites (N-methyl/N-ethyl adjacent to an activating group) is 1. The Kier molecular flexibility index (Phi) is 25.5. The second kappa shape index (κ2) is 29.2. The molecular formula is C56H102BN7O11. The van der Waals surface area contributed by atoms with Crippen LogP contribution in [0.25, 0.3) is 0 Å². The lowest BCUT2D eigenvalue weighted by Crippen LogP contribution is -2.60. The Bertz CT molecular complexity index is 1890. The molecule has 1 aliphatic heterocycles. The molecule has 2 bridgehead atoms. The predicted octanol–water partition coefficient (Wildman–Crippen LogP) is 6.45. The van der Waals surface area contributed by atoms with Crippen LogP contribution in [0.15, 0.2) is 0 Å². The summed E-state index contributed by atoms with van der Waals surface area (Å²) in [4.78, 5) is 96.6. The van der Waals surface area contributed by atoms with E-state index in [2.05, 4.69) is 59.6 Å². The number of hydrogen-bond acceptors (Lipinski definition) is 11. The van der Waals surface area contributed by atoms with Crippen LogP contribution in [-0.2, 0) is 52.3 Å². The average molecular weight is 1060 g/mol. The van der Waals surface area contributed by atoms with E-state index in [0.29, 0.717) is 24.7 Å². The molecule has 18 nitrogen and oxygen atoms in total. The minimum atomic E-state index is -1.26. The SMILES string of the molecule is CCCCCCCCCCCCCC(=O)N[C@H](COC(C)(C)C)C(=O)N[C@H](C)C(=O)NCC(=O)N(C)[C@H](C(=O)N[C@@H](C)C(=O)N[C@@H](CC(C)C)C(=O)N[C@@H](C)B1OC2C3CCC(C3(C)C)C2(C)O1)C(C)OC(C)(C)C. The van der Waals surface area contributed by atoms with Crippen LogP contribution in [0.4, 0.5) is 0 Å². The van der Waals surface area contributed by atoms with E-state index in [4.69, 9.17) is 18.8 Å². The third-order valence-electron chi connectivity index (χ3n) is 15.3. The fraction of sp³-hybridized carbons (Fsp3) is 0.875. The van der Waals surface area contributed by atoms with Gasteiger partial charge < -0.3 is 55.6 Å². The summed E-state index contributed by atoms with van der Waals surface area (Å²) in [7, 11) is 0.756. The van der Waals surface area contributed by atoms with Crippen molar-refractivity contribution in [2.45, 2.75) is 272 Å². The van der Waals surface area contributed by atoms with E-state index < -0.39 is 108 Å². The molecule has 2 aliphatic carbocycles. The van der Waals surface area contributed by atoms with Gasteiger partial charge in [-0.15, -0.1) is 0 Å². The maximum atomic E-state index is 14.2. The molecular weight excluding hydrogens is 957 g/mol. The van der Waals surface area contributed by atoms with Gasteiger partial charge in [0.05, 0.1) is 48.1 Å². The number of ether oxygens (including phenoxy) is 2. The van der Waals surface area contributed by atoms with Crippen molar-refractivity contribution in [1.29, 1.82) is 0 Å². The molecule has 0 radical (unpaired) electrons. The van der Waals surface area contributed by atoms with E-state index in [9.17, 15) is 33.6 Å². The maximum Gasteiger partial charge on any atom is 0.481 e. The first-order valence-corrected chi connectivity index (χ1v) is 28.5. The van der Waals surface area contributed by atoms with Crippen molar-refractivity contribution in [3.8, 4) is 0 Å². The lowest BCUT2D eigenvalue weighted by Gasteiger charge is -2.36. The van der Waals surface area contributed by atoms with Gasteiger partial charge in [-0.25, -0.2) is 0 Å². The van der Waals surface area contributed by atoms with Crippen LogP contribution < -0.4 is 31.9 Å². The maximum absolute atomic E-state index is 14.2. The number of rotatable bonds is 32. The van der Waals surface area contributed by atoms with E-state index in [1.54, 1.807) is 27.7 Å². The van der Waals surface area contributed by atoms with E-state index in [0.717, 1.165) is 37.0 Å². The van der Waals surface area contributed by atoms with Crippen molar-refractivity contribution in [2.24, 2.45) is 23.2 Å². The zero-order valence-corrected chi connectivity index (χ0v) is 49.4. The lowest BCUT2D eigenvalue weighted by molar-refractivity contribution is -0.150. The molecule has 6 N–H and O–H groups in total. The molecule has 3 fully saturated rings. The highest BCUT2D eigenvalue weighted by molar-refractivity contribution is 6.47. The smallest absolute Gasteiger partial charge is 0.404 e. The van der Waals surface area contributed by atoms with Crippen LogP contribution in [-0.4, -0.2) is 139 Å². The van der Waals surface area contributed by atoms with Gasteiger partial charge in [-0.3, -0.25) is 33.6 Å². The third kappa shape index (κ3) is 20.2. The second-order valence-electron chi connectivity index (χ2n) is 25.2. The summed E-state index contributed by atoms with van der Waals surface area (Å²) >= 11 is 0. The summed E-state index contributed by atoms with van der Waals surface area (Å²) in [6.45, 7) is 29.5. The first-order chi connectivity index (χ1) is 34.8. The van der Waals surface area contributed by atoms with Gasteiger partial charge in [-0.1, -0.05) is 98.8 Å². The molecule has 0 aromatic carbocycles. The van der Waals surface area contributed by atoms with Crippen molar-refractivity contribution in [3.63, 3.8) is 0 Å². The molecule has 75 heavy (non-hydrogen) atoms. The number of hydrogen-bond donors (Lipinski definition) is 6. The highest BCUT2D eigenvalue weighted by atomic mass is 16.7. The quantitative estimate of drug-likeness (QED) is 0.0317. The molecule has 0 spiro atoms. The molecule has 19 heteroatoms. The third-order valence-corrected chi connectivity index (χ3v) is 15.3. The first kappa shape index (κ1) is 65.5. The van der Waals surface area contributed by atoms with Crippen molar-refractivity contribution in [2.75, 3.05) is 20.2 Å². The molecule has 0 aromatic heterocycles. The van der Waals surface area contributed by atoms with Gasteiger partial charge in [0.2, 0.25) is 41.4 Å². The van der Waals surface area contributed by atoms with Gasteiger partial charge in [-0.05, 0) is 125 Å². The summed E-state index contributed by atoms with van der Waals surface area (Å²) in [6.07, 6.45) is 14.5. The van der Waals surface area contributed by atoms with Crippen LogP contribution in [0, 0.1) is 23.2 Å². The Balaban J connectivity index is 1.58. The Morgan fingerprint density at radius 2 is 1.21 bits per heavy atom. The van der Waals surface area contributed by atoms with Crippen molar-refractivity contribution in [3.05, 3.63) is 0 Å². The molecule has 430 valence electrons. The highest BCUT2D eigenvalue weighted by Crippen LogP contribution is 2.65. The molecule has 7 amide bonds. The molecule has 1 heterocycles. The van der Waals surface area contributed by atoms with Crippen LogP contribution in [0.1, 0.15) is 207 Å². The molecule has 2 saturated carbocycles. The number of fused-ring (bicyclic) bond motifs is 5. The number of nitrogens with one attached hydrogen (secondary N) is 6. The molecule has 5 unspecified atom stereocenters. The number of amides is 7. The van der Waals surface area contributed by atoms with Crippen LogP contribution in [0.2, 0.25) is 0 Å². The molecule has 1 saturated heterocycles. The Hall–Kier alpha value is -3.81. The minimum absolute atomic E-state index is 0.0296. The minimum Gasteiger partial charge on any atom is -0.404 e. The predicted molar refractivity (Wildman–Crippen MR) is 293 cm³/mol. The number of carbonyl (C=O) groups excluding carboxylic acids is 7. The zero-order chi connectivity index (χ0) is 56.6. The lowest BCUT2D eigenvalue weighted by atomic mass is 9.75. The van der Waals surface area contributed by atoms with Crippen LogP contribution >= 0.6 is 0 Å². The van der Waals surface area contributed by atoms with Gasteiger partial charge in [0, 0.05) is 13.5 Å². The summed E-state index contributed by atoms with van der Waals surface area (Å²) in [5, 5.41) is 16.6. The molecule has 11 atom stereocenters. The van der Waals surface area contributed by atoms with Gasteiger partial charge in [0.25, 0.3) is 0 Å². The van der Waals surface area contributed by atoms with Crippen LogP contribution in [0.3, 0.4) is 0 Å². The van der Waals surface area contributed by atoms with Crippen molar-refractivity contribution >= 4 is 48.5 Å². The zero-order valence-electron chi connectivity index (χ0n) is 49.4. The van der Waals surface area contributed by atoms with Crippen molar-refractivity contribution in [1.82, 2.24) is 36.8 Å². The summed E-state index contributed by atoms with van der Waals surface area (Å²) in [5.41, 5.74) is -1.66. The van der Waals surface area contributed by atoms with E-state index in [-0.39, 0.29) is 36.4 Å². The normalized spacial score (nSPS) is 22.7. The monoisotopic (exact) mass is 1060 g/mol. The van der Waals surface area contributed by atoms with Gasteiger partial charge >= 0.3 is 7.12 Å². The average Bonchev–Trinajstić information content (AvgIpc) is 3.87. The van der Waals surface area contributed by atoms with E-state index in [1.165, 1.54) is 65.8 Å². The summed E-state index contributed by atoms with van der Waals surface area (Å²) in [5.74, 6) is -3.70. The van der Waals surface area contributed by atoms with Gasteiger partial charge in [0.1, 0.15) is 30.2 Å². The highest BCUT2D eigenvalue weighted by Gasteiger charge is 2.70. The fourth-order valence-electron chi connectivity index (χ4n) is 11.3. The Morgan fingerprint density at radius 3 is 1.76 bits per heavy atom. The molecule has 0 aromatic rings. The Morgan fingerprint density at radius 1 is 0.667 bits per heavy atom. The largest absolute Gasteiger partial charge is 0.481 e. The number of nitrogens with zero attached hydrogens (tertiary/aromatic N) is 1. The summed E-state index contributed by atoms with van der Waals surface area (Å²) < 4.78 is 25.1. The van der Waals surface area contributed by atoms with E-state index >= 15 is 0 Å². The topological polar surface area (TPSA) is 232 Å². The molecule has 3 rings (SSSR count).